The summed E-state index contributed by atoms with van der Waals surface area (Å²) in [6.45, 7) is 0.474. The van der Waals surface area contributed by atoms with Crippen LogP contribution in [0, 0.1) is 0 Å². The first-order valence-corrected chi connectivity index (χ1v) is 7.81. The predicted octanol–water partition coefficient (Wildman–Crippen LogP) is 2.07. The van der Waals surface area contributed by atoms with Crippen LogP contribution in [0.1, 0.15) is 24.2 Å². The zero-order valence-electron chi connectivity index (χ0n) is 14.3. The molecule has 3 N–H and O–H groups in total. The number of methoxy groups -OCH3 is 1. The molecule has 2 aromatic rings. The van der Waals surface area contributed by atoms with E-state index in [0.29, 0.717) is 31.0 Å². The smallest absolute Gasteiger partial charge is 0.339 e. The molecule has 1 amide bonds. The zero-order chi connectivity index (χ0) is 17.2. The molecule has 1 fully saturated rings. The van der Waals surface area contributed by atoms with Crippen molar-refractivity contribution in [1.82, 2.24) is 14.9 Å². The van der Waals surface area contributed by atoms with Gasteiger partial charge in [0, 0.05) is 6.54 Å². The molecule has 0 saturated carbocycles. The highest BCUT2D eigenvalue weighted by Crippen LogP contribution is 2.39. The molecule has 0 bridgehead atoms. The van der Waals surface area contributed by atoms with Gasteiger partial charge in [-0.05, 0) is 18.4 Å². The van der Waals surface area contributed by atoms with Crippen molar-refractivity contribution in [2.45, 2.75) is 24.8 Å². The number of rotatable bonds is 4. The number of likely N-dealkylation sites (tertiary alicyclic amines) is 1. The number of carbonyl (C=O) groups excluding carboxylic acids is 2. The molecule has 1 aromatic heterocycles. The number of H-pyrrole nitrogens is 1. The Labute approximate surface area is 164 Å². The lowest BCUT2D eigenvalue weighted by atomic mass is 9.94. The van der Waals surface area contributed by atoms with Gasteiger partial charge in [-0.3, -0.25) is 4.79 Å². The molecule has 1 aromatic carbocycles. The van der Waals surface area contributed by atoms with Crippen molar-refractivity contribution in [2.75, 3.05) is 19.4 Å². The molecule has 9 heteroatoms. The summed E-state index contributed by atoms with van der Waals surface area (Å²) >= 11 is 0. The highest BCUT2D eigenvalue weighted by molar-refractivity contribution is 5.90. The minimum Gasteiger partial charge on any atom is -0.467 e. The number of esters is 1. The van der Waals surface area contributed by atoms with E-state index >= 15 is 0 Å². The molecule has 3 rings (SSSR count). The largest absolute Gasteiger partial charge is 0.467 e. The van der Waals surface area contributed by atoms with Crippen LogP contribution in [0.4, 0.5) is 5.82 Å². The SMILES string of the molecule is COC(=O)C1(c2ncc(N)[nH]2)CCCN1C(=O)Cc1ccccc1.Cl.Cl. The van der Waals surface area contributed by atoms with Gasteiger partial charge in [0.1, 0.15) is 11.6 Å². The highest BCUT2D eigenvalue weighted by atomic mass is 35.5. The first-order valence-electron chi connectivity index (χ1n) is 7.81. The summed E-state index contributed by atoms with van der Waals surface area (Å²) in [4.78, 5) is 34.1. The molecule has 142 valence electrons. The predicted molar refractivity (Wildman–Crippen MR) is 102 cm³/mol. The van der Waals surface area contributed by atoms with Gasteiger partial charge < -0.3 is 20.4 Å². The van der Waals surface area contributed by atoms with E-state index in [2.05, 4.69) is 9.97 Å². The number of carbonyl (C=O) groups is 2. The van der Waals surface area contributed by atoms with Crippen LogP contribution in [0.2, 0.25) is 0 Å². The highest BCUT2D eigenvalue weighted by Gasteiger charge is 2.54. The lowest BCUT2D eigenvalue weighted by Crippen LogP contribution is -2.52. The summed E-state index contributed by atoms with van der Waals surface area (Å²) in [6.07, 6.45) is 2.80. The fourth-order valence-corrected chi connectivity index (χ4v) is 3.29. The van der Waals surface area contributed by atoms with Crippen molar-refractivity contribution in [3.63, 3.8) is 0 Å². The fourth-order valence-electron chi connectivity index (χ4n) is 3.29. The van der Waals surface area contributed by atoms with E-state index in [1.807, 2.05) is 30.3 Å². The molecule has 0 spiro atoms. The van der Waals surface area contributed by atoms with Crippen LogP contribution < -0.4 is 5.73 Å². The third-order valence-electron chi connectivity index (χ3n) is 4.39. The maximum absolute atomic E-state index is 12.9. The van der Waals surface area contributed by atoms with Crippen LogP contribution in [-0.2, 0) is 26.3 Å². The molecule has 1 saturated heterocycles. The molecular weight excluding hydrogens is 379 g/mol. The van der Waals surface area contributed by atoms with Gasteiger partial charge in [-0.15, -0.1) is 24.8 Å². The van der Waals surface area contributed by atoms with E-state index in [0.717, 1.165) is 5.56 Å². The topological polar surface area (TPSA) is 101 Å². The lowest BCUT2D eigenvalue weighted by molar-refractivity contribution is -0.160. The second-order valence-electron chi connectivity index (χ2n) is 5.85. The number of hydrogen-bond acceptors (Lipinski definition) is 5. The Morgan fingerprint density at radius 2 is 2.00 bits per heavy atom. The Morgan fingerprint density at radius 3 is 2.58 bits per heavy atom. The van der Waals surface area contributed by atoms with Crippen molar-refractivity contribution < 1.29 is 14.3 Å². The van der Waals surface area contributed by atoms with Crippen molar-refractivity contribution in [2.24, 2.45) is 0 Å². The first-order chi connectivity index (χ1) is 11.6. The summed E-state index contributed by atoms with van der Waals surface area (Å²) in [5.74, 6) is 0.0521. The summed E-state index contributed by atoms with van der Waals surface area (Å²) in [5.41, 5.74) is 5.38. The number of imidazole rings is 1. The van der Waals surface area contributed by atoms with Gasteiger partial charge in [0.15, 0.2) is 5.54 Å². The Hall–Kier alpha value is -2.25. The summed E-state index contributed by atoms with van der Waals surface area (Å²) in [7, 11) is 1.31. The van der Waals surface area contributed by atoms with Gasteiger partial charge in [-0.1, -0.05) is 30.3 Å². The number of halogens is 2. The number of amides is 1. The summed E-state index contributed by atoms with van der Waals surface area (Å²) in [5, 5.41) is 0. The normalized spacial score (nSPS) is 18.6. The van der Waals surface area contributed by atoms with Crippen LogP contribution in [0.15, 0.2) is 36.5 Å². The van der Waals surface area contributed by atoms with Crippen LogP contribution in [0.3, 0.4) is 0 Å². The number of benzene rings is 1. The average molecular weight is 401 g/mol. The number of anilines is 1. The van der Waals surface area contributed by atoms with E-state index in [9.17, 15) is 9.59 Å². The Kier molecular flexibility index (Phi) is 7.47. The molecule has 26 heavy (non-hydrogen) atoms. The van der Waals surface area contributed by atoms with Crippen molar-refractivity contribution in [3.05, 3.63) is 47.9 Å². The van der Waals surface area contributed by atoms with Crippen LogP contribution in [0.25, 0.3) is 0 Å². The molecule has 0 radical (unpaired) electrons. The molecule has 1 aliphatic heterocycles. The standard InChI is InChI=1S/C17H20N4O3.2ClH/c1-24-16(23)17(15-19-11-13(18)20-15)8-5-9-21(17)14(22)10-12-6-3-2-4-7-12;;/h2-4,6-7,11H,5,8-10,18H2,1H3,(H,19,20);2*1H. The molecule has 2 heterocycles. The first kappa shape index (κ1) is 21.8. The van der Waals surface area contributed by atoms with Crippen LogP contribution in [0.5, 0.6) is 0 Å². The van der Waals surface area contributed by atoms with E-state index < -0.39 is 11.5 Å². The average Bonchev–Trinajstić information content (AvgIpc) is 3.22. The number of nitrogen functional groups attached to an aromatic ring is 1. The number of nitrogens with two attached hydrogens (primary N) is 1. The van der Waals surface area contributed by atoms with Gasteiger partial charge in [-0.2, -0.15) is 0 Å². The number of ether oxygens (including phenoxy) is 1. The molecule has 1 unspecified atom stereocenters. The van der Waals surface area contributed by atoms with Crippen molar-refractivity contribution >= 4 is 42.5 Å². The van der Waals surface area contributed by atoms with E-state index in [-0.39, 0.29) is 37.1 Å². The number of aromatic amines is 1. The third kappa shape index (κ3) is 3.78. The minimum absolute atomic E-state index is 0. The van der Waals surface area contributed by atoms with Gasteiger partial charge in [0.2, 0.25) is 5.91 Å². The maximum atomic E-state index is 12.9. The van der Waals surface area contributed by atoms with Gasteiger partial charge in [0.05, 0.1) is 19.7 Å². The number of nitrogens with one attached hydrogen (secondary N) is 1. The monoisotopic (exact) mass is 400 g/mol. The van der Waals surface area contributed by atoms with E-state index in [4.69, 9.17) is 10.5 Å². The maximum Gasteiger partial charge on any atom is 0.339 e. The fraction of sp³-hybridized carbons (Fsp3) is 0.353. The summed E-state index contributed by atoms with van der Waals surface area (Å²) < 4.78 is 5.00. The van der Waals surface area contributed by atoms with Crippen LogP contribution >= 0.6 is 24.8 Å². The van der Waals surface area contributed by atoms with Crippen molar-refractivity contribution in [3.8, 4) is 0 Å². The molecule has 1 aliphatic rings. The minimum atomic E-state index is -1.24. The molecule has 0 aliphatic carbocycles. The lowest BCUT2D eigenvalue weighted by Gasteiger charge is -2.34. The van der Waals surface area contributed by atoms with Crippen molar-refractivity contribution in [1.29, 1.82) is 0 Å². The Bertz CT molecular complexity index is 753. The molecule has 1 atom stereocenters. The number of nitrogens with zero attached hydrogens (tertiary/aromatic N) is 2. The van der Waals surface area contributed by atoms with E-state index in [1.54, 1.807) is 4.90 Å². The third-order valence-corrected chi connectivity index (χ3v) is 4.39. The number of aromatic nitrogens is 2. The zero-order valence-corrected chi connectivity index (χ0v) is 15.9. The van der Waals surface area contributed by atoms with Crippen LogP contribution in [-0.4, -0.2) is 40.4 Å². The molecule has 7 nitrogen and oxygen atoms in total. The number of hydrogen-bond donors (Lipinski definition) is 2. The quantitative estimate of drug-likeness (QED) is 0.764. The second kappa shape index (κ2) is 8.91. The second-order valence-corrected chi connectivity index (χ2v) is 5.85. The van der Waals surface area contributed by atoms with Gasteiger partial charge >= 0.3 is 5.97 Å². The van der Waals surface area contributed by atoms with E-state index in [1.165, 1.54) is 13.3 Å². The van der Waals surface area contributed by atoms with Gasteiger partial charge in [0.25, 0.3) is 0 Å². The van der Waals surface area contributed by atoms with Gasteiger partial charge in [-0.25, -0.2) is 9.78 Å². The molecular formula is C17H22Cl2N4O3. The Morgan fingerprint density at radius 1 is 1.31 bits per heavy atom. The Balaban J connectivity index is 0.00000169. The summed E-state index contributed by atoms with van der Waals surface area (Å²) in [6, 6.07) is 9.44.